The van der Waals surface area contributed by atoms with Gasteiger partial charge in [-0.3, -0.25) is 5.10 Å². The zero-order chi connectivity index (χ0) is 26.0. The Morgan fingerprint density at radius 1 is 1.03 bits per heavy atom. The second-order valence-corrected chi connectivity index (χ2v) is 10.8. The average Bonchev–Trinajstić information content (AvgIpc) is 3.64. The molecule has 2 heterocycles. The molecule has 192 valence electrons. The van der Waals surface area contributed by atoms with Crippen LogP contribution in [0.5, 0.6) is 0 Å². The molecule has 1 atom stereocenters. The second kappa shape index (κ2) is 10.3. The fourth-order valence-electron chi connectivity index (χ4n) is 3.90. The highest BCUT2D eigenvalue weighted by Gasteiger charge is 2.26. The number of nitrogens with zero attached hydrogens (tertiary/aromatic N) is 2. The Hall–Kier alpha value is -3.83. The Labute approximate surface area is 213 Å². The van der Waals surface area contributed by atoms with E-state index in [0.717, 1.165) is 24.1 Å². The van der Waals surface area contributed by atoms with Crippen molar-refractivity contribution < 1.29 is 17.2 Å². The van der Waals surface area contributed by atoms with Gasteiger partial charge >= 0.3 is 0 Å². The van der Waals surface area contributed by atoms with E-state index in [0.29, 0.717) is 17.3 Å². The molecule has 11 heteroatoms. The molecule has 0 aliphatic heterocycles. The summed E-state index contributed by atoms with van der Waals surface area (Å²) in [6.45, 7) is 1.65. The molecule has 4 N–H and O–H groups in total. The number of aromatic nitrogens is 3. The van der Waals surface area contributed by atoms with E-state index in [9.17, 15) is 12.8 Å². The monoisotopic (exact) mass is 524 g/mol. The molecule has 1 unspecified atom stereocenters. The van der Waals surface area contributed by atoms with Crippen molar-refractivity contribution in [3.05, 3.63) is 95.2 Å². The highest BCUT2D eigenvalue weighted by Crippen LogP contribution is 2.39. The number of hydrogen-bond acceptors (Lipinski definition) is 6. The molecule has 0 spiro atoms. The molecule has 1 saturated carbocycles. The van der Waals surface area contributed by atoms with E-state index in [1.807, 2.05) is 13.0 Å². The van der Waals surface area contributed by atoms with Crippen molar-refractivity contribution in [2.75, 3.05) is 10.6 Å². The van der Waals surface area contributed by atoms with Gasteiger partial charge in [-0.25, -0.2) is 26.9 Å². The van der Waals surface area contributed by atoms with Crippen molar-refractivity contribution in [3.63, 3.8) is 0 Å². The molecule has 2 aromatic heterocycles. The van der Waals surface area contributed by atoms with E-state index >= 15 is 4.39 Å². The van der Waals surface area contributed by atoms with Crippen molar-refractivity contribution >= 4 is 27.5 Å². The van der Waals surface area contributed by atoms with E-state index in [-0.39, 0.29) is 34.9 Å². The summed E-state index contributed by atoms with van der Waals surface area (Å²) in [5.74, 6) is 0.0811. The van der Waals surface area contributed by atoms with Gasteiger partial charge in [0.2, 0.25) is 10.0 Å². The van der Waals surface area contributed by atoms with Crippen molar-refractivity contribution in [2.45, 2.75) is 43.2 Å². The van der Waals surface area contributed by atoms with Crippen LogP contribution in [0.15, 0.2) is 71.6 Å². The van der Waals surface area contributed by atoms with Gasteiger partial charge in [-0.05, 0) is 55.7 Å². The van der Waals surface area contributed by atoms with Crippen LogP contribution in [0.1, 0.15) is 48.5 Å². The zero-order valence-electron chi connectivity index (χ0n) is 20.0. The second-order valence-electron chi connectivity index (χ2n) is 8.99. The van der Waals surface area contributed by atoms with E-state index in [1.54, 1.807) is 30.3 Å². The number of benzene rings is 2. The first-order valence-electron chi connectivity index (χ1n) is 11.9. The Balaban J connectivity index is 1.42. The minimum absolute atomic E-state index is 0.0580. The Morgan fingerprint density at radius 2 is 1.76 bits per heavy atom. The van der Waals surface area contributed by atoms with Crippen molar-refractivity contribution in [2.24, 2.45) is 0 Å². The number of H-pyrrole nitrogens is 1. The summed E-state index contributed by atoms with van der Waals surface area (Å²) in [6, 6.07) is 16.6. The molecule has 5 rings (SSSR count). The molecular formula is C26H26F2N6O2S. The fraction of sp³-hybridized carbons (Fsp3) is 0.231. The van der Waals surface area contributed by atoms with Crippen LogP contribution < -0.4 is 15.4 Å². The van der Waals surface area contributed by atoms with Crippen LogP contribution in [0.2, 0.25) is 0 Å². The molecule has 0 radical (unpaired) electrons. The number of aromatic amines is 1. The molecule has 37 heavy (non-hydrogen) atoms. The van der Waals surface area contributed by atoms with E-state index in [2.05, 4.69) is 30.5 Å². The summed E-state index contributed by atoms with van der Waals surface area (Å²) in [7, 11) is -3.83. The summed E-state index contributed by atoms with van der Waals surface area (Å²) < 4.78 is 56.5. The molecule has 1 aliphatic rings. The smallest absolute Gasteiger partial charge is 0.240 e. The van der Waals surface area contributed by atoms with Gasteiger partial charge in [0.1, 0.15) is 11.6 Å². The maximum atomic E-state index is 15.1. The quantitative estimate of drug-likeness (QED) is 0.222. The maximum Gasteiger partial charge on any atom is 0.240 e. The van der Waals surface area contributed by atoms with Gasteiger partial charge in [0.05, 0.1) is 4.90 Å². The average molecular weight is 525 g/mol. The normalized spacial score (nSPS) is 14.4. The lowest BCUT2D eigenvalue weighted by Gasteiger charge is -2.19. The van der Waals surface area contributed by atoms with Gasteiger partial charge in [-0.15, -0.1) is 0 Å². The summed E-state index contributed by atoms with van der Waals surface area (Å²) in [4.78, 5) is 4.53. The lowest BCUT2D eigenvalue weighted by Crippen LogP contribution is -2.24. The Kier molecular flexibility index (Phi) is 6.90. The number of hydrogen-bond donors (Lipinski definition) is 4. The Bertz CT molecular complexity index is 1490. The highest BCUT2D eigenvalue weighted by atomic mass is 32.2. The Morgan fingerprint density at radius 3 is 2.46 bits per heavy atom. The zero-order valence-corrected chi connectivity index (χ0v) is 20.8. The molecule has 8 nitrogen and oxygen atoms in total. The third-order valence-corrected chi connectivity index (χ3v) is 7.56. The highest BCUT2D eigenvalue weighted by molar-refractivity contribution is 7.89. The molecule has 4 aromatic rings. The number of pyridine rings is 1. The largest absolute Gasteiger partial charge is 0.363 e. The van der Waals surface area contributed by atoms with E-state index in [1.165, 1.54) is 30.3 Å². The predicted molar refractivity (Wildman–Crippen MR) is 137 cm³/mol. The summed E-state index contributed by atoms with van der Waals surface area (Å²) in [6.07, 6.45) is 2.19. The van der Waals surface area contributed by atoms with Gasteiger partial charge in [-0.1, -0.05) is 30.3 Å². The topological polar surface area (TPSA) is 112 Å². The lowest BCUT2D eigenvalue weighted by molar-refractivity contribution is 0.580. The molecule has 1 aliphatic carbocycles. The summed E-state index contributed by atoms with van der Waals surface area (Å²) in [5, 5.41) is 13.3. The fourth-order valence-corrected chi connectivity index (χ4v) is 4.92. The van der Waals surface area contributed by atoms with Crippen LogP contribution in [0.3, 0.4) is 0 Å². The third kappa shape index (κ3) is 5.95. The van der Waals surface area contributed by atoms with Crippen LogP contribution in [-0.4, -0.2) is 23.6 Å². The third-order valence-electron chi connectivity index (χ3n) is 6.15. The van der Waals surface area contributed by atoms with Gasteiger partial charge < -0.3 is 10.6 Å². The summed E-state index contributed by atoms with van der Waals surface area (Å²) >= 11 is 0. The van der Waals surface area contributed by atoms with Crippen LogP contribution in [0.25, 0.3) is 0 Å². The van der Waals surface area contributed by atoms with Crippen molar-refractivity contribution in [3.8, 4) is 0 Å². The summed E-state index contributed by atoms with van der Waals surface area (Å²) in [5.41, 5.74) is 2.06. The number of rotatable bonds is 10. The number of sulfonamides is 1. The number of halogens is 2. The predicted octanol–water partition coefficient (Wildman–Crippen LogP) is 5.36. The standard InChI is InChI=1S/C26H26F2N6O2S/c1-16(17-9-11-20(27)12-10-17)30-25-19(15-29-37(35,36)21-5-3-2-4-6-21)13-22(28)26(32-25)31-24-14-23(33-34-24)18-7-8-18/h2-6,9-14,16,18,29H,7-8,15H2,1H3,(H3,30,31,32,33,34). The van der Waals surface area contributed by atoms with Gasteiger partial charge in [-0.2, -0.15) is 5.10 Å². The molecule has 0 bridgehead atoms. The molecular weight excluding hydrogens is 498 g/mol. The van der Waals surface area contributed by atoms with Crippen LogP contribution in [0, 0.1) is 11.6 Å². The molecule has 0 saturated heterocycles. The van der Waals surface area contributed by atoms with Gasteiger partial charge in [0, 0.05) is 35.8 Å². The molecule has 1 fully saturated rings. The number of anilines is 3. The van der Waals surface area contributed by atoms with E-state index in [4.69, 9.17) is 0 Å². The first kappa shape index (κ1) is 24.8. The van der Waals surface area contributed by atoms with Crippen LogP contribution in [-0.2, 0) is 16.6 Å². The number of nitrogens with one attached hydrogen (secondary N) is 4. The first-order valence-corrected chi connectivity index (χ1v) is 13.4. The van der Waals surface area contributed by atoms with Crippen molar-refractivity contribution in [1.82, 2.24) is 19.9 Å². The van der Waals surface area contributed by atoms with Gasteiger partial charge in [0.25, 0.3) is 0 Å². The molecule has 0 amide bonds. The minimum atomic E-state index is -3.83. The maximum absolute atomic E-state index is 15.1. The van der Waals surface area contributed by atoms with Crippen LogP contribution in [0.4, 0.5) is 26.2 Å². The SMILES string of the molecule is CC(Nc1nc(Nc2cc(C3CC3)[nH]n2)c(F)cc1CNS(=O)(=O)c1ccccc1)c1ccc(F)cc1. The van der Waals surface area contributed by atoms with E-state index < -0.39 is 15.8 Å². The van der Waals surface area contributed by atoms with Crippen LogP contribution >= 0.6 is 0 Å². The minimum Gasteiger partial charge on any atom is -0.363 e. The molecule has 2 aromatic carbocycles. The first-order chi connectivity index (χ1) is 17.8. The van der Waals surface area contributed by atoms with Crippen molar-refractivity contribution in [1.29, 1.82) is 0 Å². The lowest BCUT2D eigenvalue weighted by atomic mass is 10.1. The van der Waals surface area contributed by atoms with Gasteiger partial charge in [0.15, 0.2) is 17.5 Å².